The molecule has 2 heterocycles. The lowest BCUT2D eigenvalue weighted by Crippen LogP contribution is -2.12. The standard InChI is InChI=1S/C25H24ClFN4O3/c1-4-15-10-16(11-17(27)22(15)25(32)33)18-12-21(30-13-29-18)28-8-9-31-14(2)24(26)23-19(31)6-5-7-20(23)34-3/h5-7,10-13H,4,8-9H2,1-3H3,(H,32,33)(H,28,29,30). The van der Waals surface area contributed by atoms with Gasteiger partial charge in [-0.1, -0.05) is 24.6 Å². The fourth-order valence-electron chi connectivity index (χ4n) is 4.14. The number of benzene rings is 2. The minimum atomic E-state index is -1.28. The minimum Gasteiger partial charge on any atom is -0.496 e. The summed E-state index contributed by atoms with van der Waals surface area (Å²) in [5.41, 5.74) is 3.02. The average Bonchev–Trinajstić information content (AvgIpc) is 3.08. The summed E-state index contributed by atoms with van der Waals surface area (Å²) in [6.45, 7) is 4.93. The van der Waals surface area contributed by atoms with Crippen molar-refractivity contribution in [1.82, 2.24) is 14.5 Å². The highest BCUT2D eigenvalue weighted by molar-refractivity contribution is 6.37. The molecule has 0 radical (unpaired) electrons. The normalized spacial score (nSPS) is 11.1. The lowest BCUT2D eigenvalue weighted by molar-refractivity contribution is 0.0690. The molecule has 0 aliphatic heterocycles. The van der Waals surface area contributed by atoms with Crippen molar-refractivity contribution in [1.29, 1.82) is 0 Å². The number of hydrogen-bond donors (Lipinski definition) is 2. The molecule has 0 saturated heterocycles. The summed E-state index contributed by atoms with van der Waals surface area (Å²) in [6.07, 6.45) is 1.78. The Morgan fingerprint density at radius 3 is 2.76 bits per heavy atom. The maximum Gasteiger partial charge on any atom is 0.338 e. The van der Waals surface area contributed by atoms with Gasteiger partial charge in [-0.15, -0.1) is 0 Å². The number of aromatic nitrogens is 3. The van der Waals surface area contributed by atoms with Crippen molar-refractivity contribution in [3.05, 3.63) is 70.4 Å². The molecule has 0 amide bonds. The van der Waals surface area contributed by atoms with E-state index in [2.05, 4.69) is 19.9 Å². The molecule has 0 fully saturated rings. The summed E-state index contributed by atoms with van der Waals surface area (Å²) >= 11 is 6.57. The molecule has 34 heavy (non-hydrogen) atoms. The zero-order chi connectivity index (χ0) is 24.4. The number of halogens is 2. The Labute approximate surface area is 201 Å². The molecule has 7 nitrogen and oxygen atoms in total. The Hall–Kier alpha value is -3.65. The number of rotatable bonds is 8. The van der Waals surface area contributed by atoms with Gasteiger partial charge in [0.25, 0.3) is 0 Å². The Balaban J connectivity index is 1.56. The fourth-order valence-corrected chi connectivity index (χ4v) is 4.43. The number of fused-ring (bicyclic) bond motifs is 1. The molecular formula is C25H24ClFN4O3. The van der Waals surface area contributed by atoms with Gasteiger partial charge in [0.1, 0.15) is 23.7 Å². The number of carbonyl (C=O) groups is 1. The van der Waals surface area contributed by atoms with Crippen LogP contribution in [0.1, 0.15) is 28.5 Å². The van der Waals surface area contributed by atoms with Crippen LogP contribution >= 0.6 is 11.6 Å². The van der Waals surface area contributed by atoms with E-state index < -0.39 is 11.8 Å². The van der Waals surface area contributed by atoms with E-state index in [4.69, 9.17) is 16.3 Å². The van der Waals surface area contributed by atoms with Crippen LogP contribution in [0, 0.1) is 12.7 Å². The molecule has 0 spiro atoms. The zero-order valence-electron chi connectivity index (χ0n) is 19.0. The minimum absolute atomic E-state index is 0.303. The molecule has 176 valence electrons. The van der Waals surface area contributed by atoms with Crippen LogP contribution in [-0.4, -0.2) is 39.3 Å². The van der Waals surface area contributed by atoms with E-state index in [9.17, 15) is 14.3 Å². The average molecular weight is 483 g/mol. The highest BCUT2D eigenvalue weighted by Crippen LogP contribution is 2.36. The second-order valence-electron chi connectivity index (χ2n) is 7.77. The highest BCUT2D eigenvalue weighted by Gasteiger charge is 2.18. The van der Waals surface area contributed by atoms with Crippen LogP contribution in [-0.2, 0) is 13.0 Å². The van der Waals surface area contributed by atoms with Crippen molar-refractivity contribution in [2.45, 2.75) is 26.8 Å². The van der Waals surface area contributed by atoms with E-state index in [0.717, 1.165) is 22.3 Å². The molecular weight excluding hydrogens is 459 g/mol. The fraction of sp³-hybridized carbons (Fsp3) is 0.240. The lowest BCUT2D eigenvalue weighted by Gasteiger charge is -2.12. The molecule has 0 bridgehead atoms. The lowest BCUT2D eigenvalue weighted by atomic mass is 9.99. The van der Waals surface area contributed by atoms with Crippen molar-refractivity contribution < 1.29 is 19.0 Å². The third kappa shape index (κ3) is 4.28. The molecule has 9 heteroatoms. The molecule has 2 aromatic carbocycles. The van der Waals surface area contributed by atoms with E-state index >= 15 is 0 Å². The van der Waals surface area contributed by atoms with Crippen LogP contribution in [0.2, 0.25) is 5.02 Å². The zero-order valence-corrected chi connectivity index (χ0v) is 19.8. The number of carboxylic acids is 1. The number of nitrogens with one attached hydrogen (secondary N) is 1. The summed E-state index contributed by atoms with van der Waals surface area (Å²) in [5.74, 6) is -0.761. The summed E-state index contributed by atoms with van der Waals surface area (Å²) in [4.78, 5) is 19.9. The van der Waals surface area contributed by atoms with Crippen LogP contribution in [0.15, 0.2) is 42.7 Å². The third-order valence-corrected chi connectivity index (χ3v) is 6.29. The maximum atomic E-state index is 14.5. The van der Waals surface area contributed by atoms with Crippen molar-refractivity contribution in [2.24, 2.45) is 0 Å². The third-order valence-electron chi connectivity index (χ3n) is 5.83. The Morgan fingerprint density at radius 2 is 2.06 bits per heavy atom. The molecule has 0 atom stereocenters. The van der Waals surface area contributed by atoms with Gasteiger partial charge in [0, 0.05) is 30.4 Å². The van der Waals surface area contributed by atoms with E-state index in [0.29, 0.717) is 47.2 Å². The summed E-state index contributed by atoms with van der Waals surface area (Å²) in [7, 11) is 1.62. The van der Waals surface area contributed by atoms with Crippen molar-refractivity contribution in [3.63, 3.8) is 0 Å². The molecule has 0 saturated carbocycles. The predicted octanol–water partition coefficient (Wildman–Crippen LogP) is 5.58. The van der Waals surface area contributed by atoms with E-state index in [1.807, 2.05) is 25.1 Å². The largest absolute Gasteiger partial charge is 0.496 e. The Bertz CT molecular complexity index is 1390. The number of anilines is 1. The van der Waals surface area contributed by atoms with Crippen LogP contribution < -0.4 is 10.1 Å². The SMILES string of the molecule is CCc1cc(-c2cc(NCCn3c(C)c(Cl)c4c(OC)cccc43)ncn2)cc(F)c1C(=O)O. The van der Waals surface area contributed by atoms with Gasteiger partial charge in [-0.2, -0.15) is 0 Å². The van der Waals surface area contributed by atoms with Gasteiger partial charge < -0.3 is 19.7 Å². The van der Waals surface area contributed by atoms with Gasteiger partial charge in [-0.3, -0.25) is 0 Å². The summed E-state index contributed by atoms with van der Waals surface area (Å²) in [6, 6.07) is 10.4. The first-order valence-corrected chi connectivity index (χ1v) is 11.2. The summed E-state index contributed by atoms with van der Waals surface area (Å²) in [5, 5.41) is 14.1. The first-order valence-electron chi connectivity index (χ1n) is 10.8. The number of methoxy groups -OCH3 is 1. The molecule has 4 aromatic rings. The van der Waals surface area contributed by atoms with Gasteiger partial charge in [0.05, 0.1) is 34.3 Å². The van der Waals surface area contributed by atoms with Gasteiger partial charge in [-0.25, -0.2) is 19.2 Å². The number of aryl methyl sites for hydroxylation is 1. The molecule has 2 N–H and O–H groups in total. The maximum absolute atomic E-state index is 14.5. The van der Waals surface area contributed by atoms with Gasteiger partial charge in [0.15, 0.2) is 0 Å². The molecule has 0 unspecified atom stereocenters. The van der Waals surface area contributed by atoms with E-state index in [-0.39, 0.29) is 5.56 Å². The predicted molar refractivity (Wildman–Crippen MR) is 130 cm³/mol. The summed E-state index contributed by atoms with van der Waals surface area (Å²) < 4.78 is 22.1. The van der Waals surface area contributed by atoms with Gasteiger partial charge >= 0.3 is 5.97 Å². The van der Waals surface area contributed by atoms with Crippen LogP contribution in [0.5, 0.6) is 5.75 Å². The smallest absolute Gasteiger partial charge is 0.338 e. The van der Waals surface area contributed by atoms with E-state index in [1.54, 1.807) is 26.2 Å². The van der Waals surface area contributed by atoms with E-state index in [1.165, 1.54) is 12.4 Å². The number of carboxylic acid groups (broad SMARTS) is 1. The molecule has 2 aromatic heterocycles. The molecule has 0 aliphatic rings. The van der Waals surface area contributed by atoms with Crippen molar-refractivity contribution in [3.8, 4) is 17.0 Å². The van der Waals surface area contributed by atoms with Crippen LogP contribution in [0.3, 0.4) is 0 Å². The topological polar surface area (TPSA) is 89.3 Å². The Kier molecular flexibility index (Phi) is 6.70. The van der Waals surface area contributed by atoms with Crippen LogP contribution in [0.25, 0.3) is 22.2 Å². The van der Waals surface area contributed by atoms with Crippen molar-refractivity contribution >= 4 is 34.3 Å². The number of ether oxygens (including phenoxy) is 1. The number of hydrogen-bond acceptors (Lipinski definition) is 5. The quantitative estimate of drug-likeness (QED) is 0.341. The second-order valence-corrected chi connectivity index (χ2v) is 8.15. The number of aromatic carboxylic acids is 1. The first kappa shape index (κ1) is 23.5. The monoisotopic (exact) mass is 482 g/mol. The van der Waals surface area contributed by atoms with Gasteiger partial charge in [-0.05, 0) is 43.2 Å². The molecule has 0 aliphatic carbocycles. The number of nitrogens with zero attached hydrogens (tertiary/aromatic N) is 3. The highest BCUT2D eigenvalue weighted by atomic mass is 35.5. The second kappa shape index (κ2) is 9.69. The first-order chi connectivity index (χ1) is 16.3. The van der Waals surface area contributed by atoms with Gasteiger partial charge in [0.2, 0.25) is 0 Å². The molecule has 4 rings (SSSR count). The van der Waals surface area contributed by atoms with Crippen LogP contribution in [0.4, 0.5) is 10.2 Å². The Morgan fingerprint density at radius 1 is 1.26 bits per heavy atom. The van der Waals surface area contributed by atoms with Crippen molar-refractivity contribution in [2.75, 3.05) is 19.0 Å².